The number of allylic oxidation sites excluding steroid dienone is 4. The maximum Gasteiger partial charge on any atom is 0.164 e. The summed E-state index contributed by atoms with van der Waals surface area (Å²) in [6, 6.07) is 45.2. The van der Waals surface area contributed by atoms with Gasteiger partial charge in [-0.15, -0.1) is 0 Å². The molecule has 0 radical (unpaired) electrons. The lowest BCUT2D eigenvalue weighted by atomic mass is 9.73. The van der Waals surface area contributed by atoms with Gasteiger partial charge >= 0.3 is 0 Å². The van der Waals surface area contributed by atoms with Crippen molar-refractivity contribution < 1.29 is 0 Å². The first kappa shape index (κ1) is 27.9. The van der Waals surface area contributed by atoms with Crippen molar-refractivity contribution in [1.29, 1.82) is 0 Å². The van der Waals surface area contributed by atoms with Gasteiger partial charge in [0.05, 0.1) is 0 Å². The number of benzene rings is 5. The second-order valence-corrected chi connectivity index (χ2v) is 13.2. The fourth-order valence-corrected chi connectivity index (χ4v) is 8.12. The Morgan fingerprint density at radius 2 is 1.13 bits per heavy atom. The average molecular weight is 606 g/mol. The van der Waals surface area contributed by atoms with Crippen molar-refractivity contribution in [2.75, 3.05) is 0 Å². The Balaban J connectivity index is 1.10. The fraction of sp³-hybridized carbons (Fsp3) is 0.159. The van der Waals surface area contributed by atoms with Crippen molar-refractivity contribution in [3.8, 4) is 45.3 Å². The molecule has 0 aliphatic heterocycles. The first-order chi connectivity index (χ1) is 23.1. The summed E-state index contributed by atoms with van der Waals surface area (Å²) in [5.74, 6) is 2.03. The van der Waals surface area contributed by atoms with E-state index in [1.165, 1.54) is 44.5 Å². The maximum absolute atomic E-state index is 4.97. The standard InChI is InChI=1S/C44H35N3/c1-3-44(2)37-20-11-10-19-36(37)40-38(44)24-22-32-27-34-26-31(21-23-35(34)39(32)40)30-17-12-18-33(25-30)43-46-41(28-13-6-4-7-14-28)45-42(47-43)29-15-8-5-9-16-29/h4-21,23,25-26H,3,22,24,27H2,1-2H3. The van der Waals surface area contributed by atoms with Crippen LogP contribution in [0.15, 0.2) is 139 Å². The number of fused-ring (bicyclic) bond motifs is 5. The van der Waals surface area contributed by atoms with Crippen LogP contribution in [0.5, 0.6) is 0 Å². The molecule has 226 valence electrons. The monoisotopic (exact) mass is 605 g/mol. The van der Waals surface area contributed by atoms with E-state index in [1.807, 2.05) is 60.7 Å². The van der Waals surface area contributed by atoms with Gasteiger partial charge in [0, 0.05) is 22.1 Å². The molecule has 6 aromatic rings. The molecule has 3 nitrogen and oxygen atoms in total. The number of nitrogens with zero attached hydrogens (tertiary/aromatic N) is 3. The van der Waals surface area contributed by atoms with Crippen LogP contribution >= 0.6 is 0 Å². The lowest BCUT2D eigenvalue weighted by Gasteiger charge is -2.30. The summed E-state index contributed by atoms with van der Waals surface area (Å²) in [5, 5.41) is 0. The normalized spacial score (nSPS) is 17.7. The first-order valence-corrected chi connectivity index (χ1v) is 16.8. The highest BCUT2D eigenvalue weighted by molar-refractivity contribution is 6.13. The Bertz CT molecular complexity index is 2200. The predicted molar refractivity (Wildman–Crippen MR) is 192 cm³/mol. The Hall–Kier alpha value is -5.41. The molecule has 0 saturated carbocycles. The van der Waals surface area contributed by atoms with E-state index >= 15 is 0 Å². The van der Waals surface area contributed by atoms with Crippen LogP contribution in [0.25, 0.3) is 56.4 Å². The molecule has 0 saturated heterocycles. The number of rotatable bonds is 5. The van der Waals surface area contributed by atoms with Crippen molar-refractivity contribution in [1.82, 2.24) is 15.0 Å². The van der Waals surface area contributed by atoms with E-state index in [0.717, 1.165) is 42.4 Å². The molecular weight excluding hydrogens is 571 g/mol. The smallest absolute Gasteiger partial charge is 0.164 e. The highest BCUT2D eigenvalue weighted by Crippen LogP contribution is 2.59. The van der Waals surface area contributed by atoms with Gasteiger partial charge in [0.2, 0.25) is 0 Å². The van der Waals surface area contributed by atoms with Crippen LogP contribution < -0.4 is 0 Å². The Morgan fingerprint density at radius 3 is 1.83 bits per heavy atom. The van der Waals surface area contributed by atoms with Crippen LogP contribution in [0.2, 0.25) is 0 Å². The molecule has 9 rings (SSSR count). The van der Waals surface area contributed by atoms with E-state index < -0.39 is 0 Å². The Kier molecular flexibility index (Phi) is 6.43. The molecule has 0 N–H and O–H groups in total. The summed E-state index contributed by atoms with van der Waals surface area (Å²) in [4.78, 5) is 14.8. The summed E-state index contributed by atoms with van der Waals surface area (Å²) in [6.45, 7) is 4.81. The van der Waals surface area contributed by atoms with Gasteiger partial charge in [-0.05, 0) is 76.3 Å². The lowest BCUT2D eigenvalue weighted by Crippen LogP contribution is -2.22. The minimum absolute atomic E-state index is 0.128. The molecule has 1 aromatic heterocycles. The number of hydrogen-bond acceptors (Lipinski definition) is 3. The van der Waals surface area contributed by atoms with Gasteiger partial charge in [-0.2, -0.15) is 0 Å². The zero-order valence-corrected chi connectivity index (χ0v) is 26.8. The van der Waals surface area contributed by atoms with Crippen LogP contribution in [0.4, 0.5) is 0 Å². The van der Waals surface area contributed by atoms with E-state index in [0.29, 0.717) is 17.5 Å². The van der Waals surface area contributed by atoms with Crippen molar-refractivity contribution in [3.05, 3.63) is 161 Å². The summed E-state index contributed by atoms with van der Waals surface area (Å²) in [5.41, 5.74) is 17.5. The summed E-state index contributed by atoms with van der Waals surface area (Å²) >= 11 is 0. The Morgan fingerprint density at radius 1 is 0.532 bits per heavy atom. The predicted octanol–water partition coefficient (Wildman–Crippen LogP) is 10.8. The van der Waals surface area contributed by atoms with Gasteiger partial charge < -0.3 is 0 Å². The third kappa shape index (κ3) is 4.45. The number of aromatic nitrogens is 3. The van der Waals surface area contributed by atoms with E-state index in [2.05, 4.69) is 80.6 Å². The SMILES string of the molecule is CCC1(C)C2=C(C3=C(CC2)Cc2cc(-c4cccc(-c5nc(-c6ccccc6)nc(-c6ccccc6)n5)c4)ccc23)c2ccccc21. The van der Waals surface area contributed by atoms with Crippen molar-refractivity contribution in [2.45, 2.75) is 44.9 Å². The third-order valence-corrected chi connectivity index (χ3v) is 10.7. The number of hydrogen-bond donors (Lipinski definition) is 0. The molecule has 0 fully saturated rings. The lowest BCUT2D eigenvalue weighted by molar-refractivity contribution is 0.526. The zero-order chi connectivity index (χ0) is 31.5. The Labute approximate surface area is 276 Å². The van der Waals surface area contributed by atoms with E-state index in [-0.39, 0.29) is 5.41 Å². The van der Waals surface area contributed by atoms with E-state index in [9.17, 15) is 0 Å². The molecule has 1 atom stereocenters. The van der Waals surface area contributed by atoms with Crippen LogP contribution in [-0.4, -0.2) is 15.0 Å². The molecule has 1 unspecified atom stereocenters. The second-order valence-electron chi connectivity index (χ2n) is 13.2. The minimum Gasteiger partial charge on any atom is -0.208 e. The molecule has 5 aromatic carbocycles. The van der Waals surface area contributed by atoms with Gasteiger partial charge in [0.1, 0.15) is 0 Å². The summed E-state index contributed by atoms with van der Waals surface area (Å²) in [7, 11) is 0. The van der Waals surface area contributed by atoms with Crippen molar-refractivity contribution in [2.24, 2.45) is 0 Å². The second kappa shape index (κ2) is 10.8. The van der Waals surface area contributed by atoms with E-state index in [4.69, 9.17) is 15.0 Å². The maximum atomic E-state index is 4.97. The van der Waals surface area contributed by atoms with Crippen LogP contribution in [-0.2, 0) is 11.8 Å². The molecule has 47 heavy (non-hydrogen) atoms. The molecule has 1 heterocycles. The molecule has 0 spiro atoms. The first-order valence-electron chi connectivity index (χ1n) is 16.8. The van der Waals surface area contributed by atoms with Crippen LogP contribution in [0.3, 0.4) is 0 Å². The molecule has 3 aliphatic carbocycles. The molecule has 0 amide bonds. The van der Waals surface area contributed by atoms with Crippen LogP contribution in [0.1, 0.15) is 55.4 Å². The fourth-order valence-electron chi connectivity index (χ4n) is 8.12. The molecular formula is C44H35N3. The summed E-state index contributed by atoms with van der Waals surface area (Å²) in [6.07, 6.45) is 4.49. The molecule has 3 aliphatic rings. The third-order valence-electron chi connectivity index (χ3n) is 10.7. The van der Waals surface area contributed by atoms with Crippen LogP contribution in [0, 0.1) is 0 Å². The van der Waals surface area contributed by atoms with Crippen molar-refractivity contribution >= 4 is 11.1 Å². The molecule has 3 heteroatoms. The highest BCUT2D eigenvalue weighted by Gasteiger charge is 2.44. The average Bonchev–Trinajstić information content (AvgIpc) is 3.64. The van der Waals surface area contributed by atoms with Gasteiger partial charge in [-0.25, -0.2) is 15.0 Å². The zero-order valence-electron chi connectivity index (χ0n) is 26.8. The topological polar surface area (TPSA) is 38.7 Å². The molecule has 0 bridgehead atoms. The van der Waals surface area contributed by atoms with Gasteiger partial charge in [0.25, 0.3) is 0 Å². The van der Waals surface area contributed by atoms with Gasteiger partial charge in [0.15, 0.2) is 17.5 Å². The largest absolute Gasteiger partial charge is 0.208 e. The summed E-state index contributed by atoms with van der Waals surface area (Å²) < 4.78 is 0. The minimum atomic E-state index is 0.128. The van der Waals surface area contributed by atoms with Gasteiger partial charge in [-0.3, -0.25) is 0 Å². The quantitative estimate of drug-likeness (QED) is 0.196. The van der Waals surface area contributed by atoms with Gasteiger partial charge in [-0.1, -0.05) is 146 Å². The highest BCUT2D eigenvalue weighted by atomic mass is 15.0. The van der Waals surface area contributed by atoms with Crippen molar-refractivity contribution in [3.63, 3.8) is 0 Å². The van der Waals surface area contributed by atoms with E-state index in [1.54, 1.807) is 11.1 Å².